The van der Waals surface area contributed by atoms with Crippen LogP contribution in [-0.2, 0) is 6.42 Å². The molecule has 2 aromatic rings. The Morgan fingerprint density at radius 2 is 2.11 bits per heavy atom. The molecule has 0 saturated heterocycles. The third kappa shape index (κ3) is 3.07. The Balaban J connectivity index is 1.87. The number of aryl methyl sites for hydroxylation is 1. The highest BCUT2D eigenvalue weighted by Gasteiger charge is 2.13. The molecule has 0 unspecified atom stereocenters. The van der Waals surface area contributed by atoms with Crippen LogP contribution in [0.2, 0.25) is 0 Å². The lowest BCUT2D eigenvalue weighted by atomic mass is 10.1. The summed E-state index contributed by atoms with van der Waals surface area (Å²) in [6, 6.07) is 10.0. The molecule has 0 aliphatic heterocycles. The molecule has 0 bridgehead atoms. The summed E-state index contributed by atoms with van der Waals surface area (Å²) >= 11 is 1.22. The van der Waals surface area contributed by atoms with E-state index < -0.39 is 0 Å². The average Bonchev–Trinajstić information content (AvgIpc) is 2.70. The number of anilines is 1. The van der Waals surface area contributed by atoms with Crippen molar-refractivity contribution in [1.29, 1.82) is 0 Å². The summed E-state index contributed by atoms with van der Waals surface area (Å²) in [7, 11) is 0. The SMILES string of the molecule is Cc1nc(N)sc1C(=O)NCCc1ccccc1. The smallest absolute Gasteiger partial charge is 0.263 e. The van der Waals surface area contributed by atoms with Crippen molar-refractivity contribution in [2.24, 2.45) is 0 Å². The van der Waals surface area contributed by atoms with Crippen LogP contribution < -0.4 is 11.1 Å². The lowest BCUT2D eigenvalue weighted by Crippen LogP contribution is -2.25. The van der Waals surface area contributed by atoms with Crippen LogP contribution in [0.5, 0.6) is 0 Å². The number of nitrogen functional groups attached to an aromatic ring is 1. The van der Waals surface area contributed by atoms with Crippen LogP contribution >= 0.6 is 11.3 Å². The highest BCUT2D eigenvalue weighted by Crippen LogP contribution is 2.19. The highest BCUT2D eigenvalue weighted by molar-refractivity contribution is 7.17. The molecule has 0 spiro atoms. The number of benzene rings is 1. The number of hydrogen-bond acceptors (Lipinski definition) is 4. The highest BCUT2D eigenvalue weighted by atomic mass is 32.1. The van der Waals surface area contributed by atoms with Gasteiger partial charge in [0, 0.05) is 6.54 Å². The molecular weight excluding hydrogens is 246 g/mol. The third-order valence-electron chi connectivity index (χ3n) is 2.56. The molecule has 1 aromatic heterocycles. The van der Waals surface area contributed by atoms with Crippen LogP contribution in [-0.4, -0.2) is 17.4 Å². The number of rotatable bonds is 4. The van der Waals surface area contributed by atoms with E-state index in [2.05, 4.69) is 10.3 Å². The van der Waals surface area contributed by atoms with E-state index in [-0.39, 0.29) is 5.91 Å². The number of thiazole rings is 1. The van der Waals surface area contributed by atoms with E-state index in [1.807, 2.05) is 30.3 Å². The van der Waals surface area contributed by atoms with Crippen molar-refractivity contribution >= 4 is 22.4 Å². The second kappa shape index (κ2) is 5.64. The van der Waals surface area contributed by atoms with E-state index in [1.165, 1.54) is 16.9 Å². The first-order valence-electron chi connectivity index (χ1n) is 5.72. The van der Waals surface area contributed by atoms with E-state index >= 15 is 0 Å². The number of carbonyl (C=O) groups excluding carboxylic acids is 1. The van der Waals surface area contributed by atoms with Gasteiger partial charge in [-0.25, -0.2) is 4.98 Å². The van der Waals surface area contributed by atoms with Gasteiger partial charge in [-0.2, -0.15) is 0 Å². The zero-order valence-electron chi connectivity index (χ0n) is 10.1. The maximum Gasteiger partial charge on any atom is 0.263 e. The van der Waals surface area contributed by atoms with Crippen LogP contribution in [0.15, 0.2) is 30.3 Å². The van der Waals surface area contributed by atoms with Crippen molar-refractivity contribution in [2.45, 2.75) is 13.3 Å². The number of hydrogen-bond donors (Lipinski definition) is 2. The van der Waals surface area contributed by atoms with E-state index in [4.69, 9.17) is 5.73 Å². The molecular formula is C13H15N3OS. The third-order valence-corrected chi connectivity index (χ3v) is 3.55. The largest absolute Gasteiger partial charge is 0.375 e. The van der Waals surface area contributed by atoms with E-state index in [0.29, 0.717) is 22.2 Å². The van der Waals surface area contributed by atoms with Crippen molar-refractivity contribution in [3.63, 3.8) is 0 Å². The second-order valence-corrected chi connectivity index (χ2v) is 4.99. The molecule has 1 amide bonds. The number of carbonyl (C=O) groups is 1. The molecule has 1 aromatic carbocycles. The molecule has 0 fully saturated rings. The minimum absolute atomic E-state index is 0.0994. The molecule has 0 radical (unpaired) electrons. The molecule has 0 aliphatic rings. The Morgan fingerprint density at radius 3 is 2.72 bits per heavy atom. The van der Waals surface area contributed by atoms with Gasteiger partial charge in [0.25, 0.3) is 5.91 Å². The number of aromatic nitrogens is 1. The topological polar surface area (TPSA) is 68.0 Å². The zero-order chi connectivity index (χ0) is 13.0. The molecule has 18 heavy (non-hydrogen) atoms. The van der Waals surface area contributed by atoms with Gasteiger partial charge in [-0.05, 0) is 18.9 Å². The fraction of sp³-hybridized carbons (Fsp3) is 0.231. The van der Waals surface area contributed by atoms with Crippen molar-refractivity contribution in [2.75, 3.05) is 12.3 Å². The standard InChI is InChI=1S/C13H15N3OS/c1-9-11(18-13(14)16-9)12(17)15-8-7-10-5-3-2-4-6-10/h2-6H,7-8H2,1H3,(H2,14,16)(H,15,17). The van der Waals surface area contributed by atoms with Crippen molar-refractivity contribution < 1.29 is 4.79 Å². The molecule has 4 nitrogen and oxygen atoms in total. The van der Waals surface area contributed by atoms with Crippen LogP contribution in [0.4, 0.5) is 5.13 Å². The Bertz CT molecular complexity index is 536. The zero-order valence-corrected chi connectivity index (χ0v) is 11.0. The molecule has 3 N–H and O–H groups in total. The van der Waals surface area contributed by atoms with E-state index in [9.17, 15) is 4.79 Å². The molecule has 0 aliphatic carbocycles. The molecule has 0 saturated carbocycles. The van der Waals surface area contributed by atoms with Gasteiger partial charge in [0.15, 0.2) is 5.13 Å². The van der Waals surface area contributed by atoms with Crippen molar-refractivity contribution in [3.8, 4) is 0 Å². The first-order chi connectivity index (χ1) is 8.66. The first-order valence-corrected chi connectivity index (χ1v) is 6.53. The predicted molar refractivity (Wildman–Crippen MR) is 73.7 cm³/mol. The van der Waals surface area contributed by atoms with Gasteiger partial charge in [-0.15, -0.1) is 0 Å². The van der Waals surface area contributed by atoms with Gasteiger partial charge in [0.05, 0.1) is 5.69 Å². The van der Waals surface area contributed by atoms with Gasteiger partial charge < -0.3 is 11.1 Å². The van der Waals surface area contributed by atoms with Gasteiger partial charge >= 0.3 is 0 Å². The minimum atomic E-state index is -0.0994. The van der Waals surface area contributed by atoms with Gasteiger partial charge in [0.1, 0.15) is 4.88 Å². The van der Waals surface area contributed by atoms with Crippen LogP contribution in [0, 0.1) is 6.92 Å². The molecule has 94 valence electrons. The maximum atomic E-state index is 11.9. The van der Waals surface area contributed by atoms with E-state index in [1.54, 1.807) is 6.92 Å². The summed E-state index contributed by atoms with van der Waals surface area (Å²) in [6.07, 6.45) is 0.819. The average molecular weight is 261 g/mol. The summed E-state index contributed by atoms with van der Waals surface area (Å²) in [5.41, 5.74) is 7.46. The minimum Gasteiger partial charge on any atom is -0.375 e. The Labute approximate surface area is 110 Å². The quantitative estimate of drug-likeness (QED) is 0.884. The predicted octanol–water partition coefficient (Wildman–Crippen LogP) is 2.01. The monoisotopic (exact) mass is 261 g/mol. The fourth-order valence-electron chi connectivity index (χ4n) is 1.67. The van der Waals surface area contributed by atoms with Gasteiger partial charge in [0.2, 0.25) is 0 Å². The molecule has 2 rings (SSSR count). The lowest BCUT2D eigenvalue weighted by molar-refractivity contribution is 0.0957. The first kappa shape index (κ1) is 12.6. The summed E-state index contributed by atoms with van der Waals surface area (Å²) in [4.78, 5) is 16.5. The van der Waals surface area contributed by atoms with Crippen LogP contribution in [0.25, 0.3) is 0 Å². The number of nitrogens with zero attached hydrogens (tertiary/aromatic N) is 1. The lowest BCUT2D eigenvalue weighted by Gasteiger charge is -2.04. The fourth-order valence-corrected chi connectivity index (χ4v) is 2.42. The van der Waals surface area contributed by atoms with E-state index in [0.717, 1.165) is 6.42 Å². The van der Waals surface area contributed by atoms with Crippen LogP contribution in [0.3, 0.4) is 0 Å². The Hall–Kier alpha value is -1.88. The Kier molecular flexibility index (Phi) is 3.94. The van der Waals surface area contributed by atoms with Gasteiger partial charge in [-0.1, -0.05) is 41.7 Å². The maximum absolute atomic E-state index is 11.9. The molecule has 5 heteroatoms. The summed E-state index contributed by atoms with van der Waals surface area (Å²) < 4.78 is 0. The normalized spacial score (nSPS) is 10.3. The van der Waals surface area contributed by atoms with Crippen molar-refractivity contribution in [3.05, 3.63) is 46.5 Å². The number of amides is 1. The summed E-state index contributed by atoms with van der Waals surface area (Å²) in [5.74, 6) is -0.0994. The van der Waals surface area contributed by atoms with Crippen molar-refractivity contribution in [1.82, 2.24) is 10.3 Å². The summed E-state index contributed by atoms with van der Waals surface area (Å²) in [6.45, 7) is 2.40. The van der Waals surface area contributed by atoms with Crippen LogP contribution in [0.1, 0.15) is 20.9 Å². The number of nitrogens with one attached hydrogen (secondary N) is 1. The molecule has 0 atom stereocenters. The second-order valence-electron chi connectivity index (χ2n) is 3.96. The van der Waals surface area contributed by atoms with Gasteiger partial charge in [-0.3, -0.25) is 4.79 Å². The summed E-state index contributed by atoms with van der Waals surface area (Å²) in [5, 5.41) is 3.31. The number of nitrogens with two attached hydrogens (primary N) is 1. The molecule has 1 heterocycles. The Morgan fingerprint density at radius 1 is 1.39 bits per heavy atom.